The molecule has 3 N–H and O–H groups in total. The molecule has 0 aliphatic rings. The summed E-state index contributed by atoms with van der Waals surface area (Å²) in [5.41, 5.74) is 0.453. The van der Waals surface area contributed by atoms with Gasteiger partial charge in [0.05, 0.1) is 11.7 Å². The van der Waals surface area contributed by atoms with E-state index in [-0.39, 0.29) is 5.03 Å². The Morgan fingerprint density at radius 2 is 2.15 bits per heavy atom. The largest absolute Gasteiger partial charge is 0.386 e. The highest BCUT2D eigenvalue weighted by molar-refractivity contribution is 7.89. The molecule has 8 heteroatoms. The van der Waals surface area contributed by atoms with E-state index in [9.17, 15) is 8.42 Å². The molecule has 20 heavy (non-hydrogen) atoms. The van der Waals surface area contributed by atoms with Gasteiger partial charge in [-0.1, -0.05) is 6.92 Å². The summed E-state index contributed by atoms with van der Waals surface area (Å²) in [6.45, 7) is 1.88. The van der Waals surface area contributed by atoms with Gasteiger partial charge in [-0.25, -0.2) is 18.4 Å². The molecule has 2 aromatic rings. The molecule has 2 aromatic heterocycles. The normalized spacial score (nSPS) is 13.1. The Hall–Kier alpha value is -1.93. The van der Waals surface area contributed by atoms with E-state index >= 15 is 0 Å². The van der Waals surface area contributed by atoms with Crippen LogP contribution in [0.1, 0.15) is 25.2 Å². The van der Waals surface area contributed by atoms with E-state index in [4.69, 9.17) is 0 Å². The van der Waals surface area contributed by atoms with Crippen LogP contribution in [0, 0.1) is 0 Å². The van der Waals surface area contributed by atoms with Crippen molar-refractivity contribution < 1.29 is 8.42 Å². The molecule has 0 aliphatic carbocycles. The van der Waals surface area contributed by atoms with Crippen molar-refractivity contribution in [2.24, 2.45) is 0 Å². The predicted molar refractivity (Wildman–Crippen MR) is 75.7 cm³/mol. The van der Waals surface area contributed by atoms with E-state index < -0.39 is 16.1 Å². The molecule has 0 fully saturated rings. The Labute approximate surface area is 117 Å². The maximum Gasteiger partial charge on any atom is 0.260 e. The minimum atomic E-state index is -3.72. The van der Waals surface area contributed by atoms with Crippen LogP contribution in [0.3, 0.4) is 0 Å². The van der Waals surface area contributed by atoms with Crippen molar-refractivity contribution in [2.75, 3.05) is 12.4 Å². The standard InChI is InChI=1S/C12H17N5O2S/c1-3-9(11-14-7-8-15-11)17-20(18,19)12-10(13-2)5-4-6-16-12/h4-9,13,17H,3H2,1-2H3,(H,14,15). The van der Waals surface area contributed by atoms with Gasteiger partial charge < -0.3 is 10.3 Å². The van der Waals surface area contributed by atoms with Crippen LogP contribution in [0.25, 0.3) is 0 Å². The number of hydrogen-bond donors (Lipinski definition) is 3. The van der Waals surface area contributed by atoms with Crippen molar-refractivity contribution in [1.29, 1.82) is 0 Å². The Bertz CT molecular complexity index is 654. The summed E-state index contributed by atoms with van der Waals surface area (Å²) in [5, 5.41) is 2.80. The van der Waals surface area contributed by atoms with E-state index in [0.29, 0.717) is 17.9 Å². The SMILES string of the molecule is CCC(NS(=O)(=O)c1ncccc1NC)c1ncc[nH]1. The Balaban J connectivity index is 2.31. The summed E-state index contributed by atoms with van der Waals surface area (Å²) in [5.74, 6) is 0.581. The second-order valence-electron chi connectivity index (χ2n) is 4.16. The lowest BCUT2D eigenvalue weighted by Gasteiger charge is -2.16. The summed E-state index contributed by atoms with van der Waals surface area (Å²) in [7, 11) is -2.07. The predicted octanol–water partition coefficient (Wildman–Crippen LogP) is 1.28. The van der Waals surface area contributed by atoms with Crippen LogP contribution in [0.4, 0.5) is 5.69 Å². The molecule has 0 aliphatic heterocycles. The van der Waals surface area contributed by atoms with Crippen LogP contribution in [-0.2, 0) is 10.0 Å². The molecule has 2 rings (SSSR count). The van der Waals surface area contributed by atoms with Crippen molar-refractivity contribution >= 4 is 15.7 Å². The molecular weight excluding hydrogens is 278 g/mol. The monoisotopic (exact) mass is 295 g/mol. The highest BCUT2D eigenvalue weighted by atomic mass is 32.2. The molecule has 0 saturated heterocycles. The summed E-state index contributed by atoms with van der Waals surface area (Å²) in [4.78, 5) is 11.0. The second kappa shape index (κ2) is 6.02. The van der Waals surface area contributed by atoms with Gasteiger partial charge in [-0.15, -0.1) is 0 Å². The number of pyridine rings is 1. The lowest BCUT2D eigenvalue weighted by atomic mass is 10.2. The van der Waals surface area contributed by atoms with Crippen LogP contribution in [0.2, 0.25) is 0 Å². The molecule has 0 saturated carbocycles. The number of hydrogen-bond acceptors (Lipinski definition) is 5. The Morgan fingerprint density at radius 3 is 2.75 bits per heavy atom. The first-order valence-corrected chi connectivity index (χ1v) is 7.71. The molecule has 1 unspecified atom stereocenters. The number of rotatable bonds is 6. The Morgan fingerprint density at radius 1 is 1.35 bits per heavy atom. The molecule has 0 spiro atoms. The van der Waals surface area contributed by atoms with Gasteiger partial charge in [0.1, 0.15) is 5.82 Å². The highest BCUT2D eigenvalue weighted by Gasteiger charge is 2.25. The van der Waals surface area contributed by atoms with E-state index in [2.05, 4.69) is 25.0 Å². The molecule has 0 amide bonds. The van der Waals surface area contributed by atoms with E-state index in [1.807, 2.05) is 6.92 Å². The van der Waals surface area contributed by atoms with Gasteiger partial charge in [-0.3, -0.25) is 0 Å². The number of imidazole rings is 1. The van der Waals surface area contributed by atoms with Crippen LogP contribution in [0.5, 0.6) is 0 Å². The molecule has 0 aromatic carbocycles. The van der Waals surface area contributed by atoms with E-state index in [1.165, 1.54) is 6.20 Å². The van der Waals surface area contributed by atoms with Crippen molar-refractivity contribution in [1.82, 2.24) is 19.7 Å². The fraction of sp³-hybridized carbons (Fsp3) is 0.333. The van der Waals surface area contributed by atoms with Crippen molar-refractivity contribution in [3.63, 3.8) is 0 Å². The zero-order chi connectivity index (χ0) is 14.6. The van der Waals surface area contributed by atoms with E-state index in [1.54, 1.807) is 31.6 Å². The lowest BCUT2D eigenvalue weighted by Crippen LogP contribution is -2.30. The van der Waals surface area contributed by atoms with Crippen LogP contribution < -0.4 is 10.0 Å². The number of nitrogens with one attached hydrogen (secondary N) is 3. The fourth-order valence-corrected chi connectivity index (χ4v) is 3.26. The number of anilines is 1. The molecule has 1 atom stereocenters. The molecule has 108 valence electrons. The number of nitrogens with zero attached hydrogens (tertiary/aromatic N) is 2. The third-order valence-corrected chi connectivity index (χ3v) is 4.28. The first kappa shape index (κ1) is 14.5. The maximum absolute atomic E-state index is 12.4. The van der Waals surface area contributed by atoms with Crippen molar-refractivity contribution in [3.8, 4) is 0 Å². The van der Waals surface area contributed by atoms with Crippen molar-refractivity contribution in [3.05, 3.63) is 36.5 Å². The molecular formula is C12H17N5O2S. The first-order chi connectivity index (χ1) is 9.58. The molecule has 2 heterocycles. The zero-order valence-electron chi connectivity index (χ0n) is 11.3. The summed E-state index contributed by atoms with van der Waals surface area (Å²) in [6, 6.07) is 2.92. The molecule has 0 radical (unpaired) electrons. The first-order valence-electron chi connectivity index (χ1n) is 6.23. The molecule has 7 nitrogen and oxygen atoms in total. The summed E-state index contributed by atoms with van der Waals surface area (Å²) in [6.07, 6.45) is 5.27. The average Bonchev–Trinajstić information content (AvgIpc) is 2.98. The van der Waals surface area contributed by atoms with Crippen LogP contribution in [0.15, 0.2) is 35.7 Å². The third kappa shape index (κ3) is 2.97. The summed E-state index contributed by atoms with van der Waals surface area (Å²) < 4.78 is 27.5. The van der Waals surface area contributed by atoms with E-state index in [0.717, 1.165) is 0 Å². The average molecular weight is 295 g/mol. The quantitative estimate of drug-likeness (QED) is 0.745. The van der Waals surface area contributed by atoms with Gasteiger partial charge in [0.25, 0.3) is 10.0 Å². The topological polar surface area (TPSA) is 99.8 Å². The minimum Gasteiger partial charge on any atom is -0.386 e. The van der Waals surface area contributed by atoms with Crippen LogP contribution in [-0.4, -0.2) is 30.4 Å². The zero-order valence-corrected chi connectivity index (χ0v) is 12.1. The number of H-pyrrole nitrogens is 1. The second-order valence-corrected chi connectivity index (χ2v) is 5.79. The van der Waals surface area contributed by atoms with Crippen molar-refractivity contribution in [2.45, 2.75) is 24.4 Å². The minimum absolute atomic E-state index is 0.0208. The number of sulfonamides is 1. The molecule has 0 bridgehead atoms. The third-order valence-electron chi connectivity index (χ3n) is 2.85. The maximum atomic E-state index is 12.4. The smallest absolute Gasteiger partial charge is 0.260 e. The van der Waals surface area contributed by atoms with Gasteiger partial charge in [0.15, 0.2) is 5.03 Å². The van der Waals surface area contributed by atoms with Gasteiger partial charge in [-0.05, 0) is 18.6 Å². The van der Waals surface area contributed by atoms with Gasteiger partial charge in [0.2, 0.25) is 0 Å². The van der Waals surface area contributed by atoms with Gasteiger partial charge >= 0.3 is 0 Å². The lowest BCUT2D eigenvalue weighted by molar-refractivity contribution is 0.537. The number of aromatic amines is 1. The summed E-state index contributed by atoms with van der Waals surface area (Å²) >= 11 is 0. The van der Waals surface area contributed by atoms with Gasteiger partial charge in [-0.2, -0.15) is 4.72 Å². The van der Waals surface area contributed by atoms with Gasteiger partial charge in [0, 0.05) is 25.6 Å². The fourth-order valence-electron chi connectivity index (χ4n) is 1.84. The highest BCUT2D eigenvalue weighted by Crippen LogP contribution is 2.21. The van der Waals surface area contributed by atoms with Crippen LogP contribution >= 0.6 is 0 Å². The number of aromatic nitrogens is 3. The Kier molecular flexibility index (Phi) is 4.35.